The lowest BCUT2D eigenvalue weighted by molar-refractivity contribution is 0.234. The number of benzene rings is 2. The van der Waals surface area contributed by atoms with Crippen molar-refractivity contribution in [3.05, 3.63) is 59.7 Å². The van der Waals surface area contributed by atoms with Crippen LogP contribution in [0, 0.1) is 0 Å². The van der Waals surface area contributed by atoms with Gasteiger partial charge in [0.1, 0.15) is 11.9 Å². The minimum absolute atomic E-state index is 0.148. The van der Waals surface area contributed by atoms with Crippen molar-refractivity contribution in [1.29, 1.82) is 0 Å². The van der Waals surface area contributed by atoms with E-state index in [0.717, 1.165) is 18.0 Å². The van der Waals surface area contributed by atoms with Crippen LogP contribution in [-0.2, 0) is 12.8 Å². The van der Waals surface area contributed by atoms with E-state index in [-0.39, 0.29) is 6.10 Å². The SMILES string of the molecule is CC(CNc1ccccc1)Oc1ccc2c(c1)CCC2. The molecule has 104 valence electrons. The monoisotopic (exact) mass is 267 g/mol. The first kappa shape index (κ1) is 13.0. The number of nitrogens with one attached hydrogen (secondary N) is 1. The number of fused-ring (bicyclic) bond motifs is 1. The molecular formula is C18H21NO. The summed E-state index contributed by atoms with van der Waals surface area (Å²) in [7, 11) is 0. The second-order valence-electron chi connectivity index (χ2n) is 5.46. The van der Waals surface area contributed by atoms with Gasteiger partial charge in [0, 0.05) is 5.69 Å². The zero-order valence-electron chi connectivity index (χ0n) is 11.9. The van der Waals surface area contributed by atoms with Gasteiger partial charge in [0.05, 0.1) is 6.54 Å². The Kier molecular flexibility index (Phi) is 3.91. The second kappa shape index (κ2) is 6.00. The van der Waals surface area contributed by atoms with Crippen LogP contribution in [0.15, 0.2) is 48.5 Å². The van der Waals surface area contributed by atoms with E-state index in [4.69, 9.17) is 4.74 Å². The number of aryl methyl sites for hydroxylation is 2. The normalized spacial score (nSPS) is 14.7. The van der Waals surface area contributed by atoms with E-state index in [1.807, 2.05) is 18.2 Å². The third-order valence-electron chi connectivity index (χ3n) is 3.77. The van der Waals surface area contributed by atoms with Crippen molar-refractivity contribution in [1.82, 2.24) is 0 Å². The molecule has 1 aliphatic rings. The molecule has 0 fully saturated rings. The molecule has 0 bridgehead atoms. The first-order valence-corrected chi connectivity index (χ1v) is 7.38. The van der Waals surface area contributed by atoms with Gasteiger partial charge < -0.3 is 10.1 Å². The van der Waals surface area contributed by atoms with Gasteiger partial charge in [0.15, 0.2) is 0 Å². The number of ether oxygens (including phenoxy) is 1. The molecule has 2 aromatic carbocycles. The molecule has 2 heteroatoms. The summed E-state index contributed by atoms with van der Waals surface area (Å²) in [5, 5.41) is 3.39. The Morgan fingerprint density at radius 2 is 1.85 bits per heavy atom. The van der Waals surface area contributed by atoms with E-state index in [9.17, 15) is 0 Å². The predicted octanol–water partition coefficient (Wildman–Crippen LogP) is 4.05. The van der Waals surface area contributed by atoms with Gasteiger partial charge in [-0.15, -0.1) is 0 Å². The third kappa shape index (κ3) is 3.13. The fraction of sp³-hybridized carbons (Fsp3) is 0.333. The third-order valence-corrected chi connectivity index (χ3v) is 3.77. The van der Waals surface area contributed by atoms with Crippen LogP contribution in [-0.4, -0.2) is 12.6 Å². The molecule has 1 unspecified atom stereocenters. The molecule has 1 N–H and O–H groups in total. The van der Waals surface area contributed by atoms with E-state index >= 15 is 0 Å². The maximum absolute atomic E-state index is 6.00. The van der Waals surface area contributed by atoms with E-state index in [0.29, 0.717) is 0 Å². The topological polar surface area (TPSA) is 21.3 Å². The largest absolute Gasteiger partial charge is 0.489 e. The summed E-state index contributed by atoms with van der Waals surface area (Å²) in [5.41, 5.74) is 4.09. The van der Waals surface area contributed by atoms with E-state index in [1.54, 1.807) is 0 Å². The Morgan fingerprint density at radius 1 is 1.05 bits per heavy atom. The maximum Gasteiger partial charge on any atom is 0.120 e. The van der Waals surface area contributed by atoms with Crippen molar-refractivity contribution in [2.75, 3.05) is 11.9 Å². The maximum atomic E-state index is 6.00. The van der Waals surface area contributed by atoms with Crippen LogP contribution >= 0.6 is 0 Å². The van der Waals surface area contributed by atoms with Crippen molar-refractivity contribution in [3.63, 3.8) is 0 Å². The lowest BCUT2D eigenvalue weighted by Crippen LogP contribution is -2.22. The zero-order chi connectivity index (χ0) is 13.8. The average Bonchev–Trinajstić information content (AvgIpc) is 2.94. The van der Waals surface area contributed by atoms with E-state index < -0.39 is 0 Å². The van der Waals surface area contributed by atoms with Gasteiger partial charge in [-0.05, 0) is 61.6 Å². The van der Waals surface area contributed by atoms with Crippen LogP contribution in [0.5, 0.6) is 5.75 Å². The molecule has 1 atom stereocenters. The van der Waals surface area contributed by atoms with Crippen molar-refractivity contribution >= 4 is 5.69 Å². The van der Waals surface area contributed by atoms with Gasteiger partial charge in [0.25, 0.3) is 0 Å². The lowest BCUT2D eigenvalue weighted by Gasteiger charge is -2.17. The Morgan fingerprint density at radius 3 is 2.70 bits per heavy atom. The zero-order valence-corrected chi connectivity index (χ0v) is 11.9. The van der Waals surface area contributed by atoms with Crippen molar-refractivity contribution in [2.24, 2.45) is 0 Å². The fourth-order valence-electron chi connectivity index (χ4n) is 2.71. The Bertz CT molecular complexity index is 565. The molecule has 2 nitrogen and oxygen atoms in total. The van der Waals surface area contributed by atoms with Gasteiger partial charge in [0.2, 0.25) is 0 Å². The highest BCUT2D eigenvalue weighted by molar-refractivity contribution is 5.42. The Hall–Kier alpha value is -1.96. The van der Waals surface area contributed by atoms with Crippen molar-refractivity contribution in [2.45, 2.75) is 32.3 Å². The molecule has 0 amide bonds. The van der Waals surface area contributed by atoms with Gasteiger partial charge in [-0.1, -0.05) is 24.3 Å². The van der Waals surface area contributed by atoms with Gasteiger partial charge in [-0.25, -0.2) is 0 Å². The summed E-state index contributed by atoms with van der Waals surface area (Å²) in [6.07, 6.45) is 3.85. The molecule has 0 heterocycles. The lowest BCUT2D eigenvalue weighted by atomic mass is 10.1. The molecule has 0 aliphatic heterocycles. The standard InChI is InChI=1S/C18H21NO/c1-14(13-19-17-8-3-2-4-9-17)20-18-11-10-15-6-5-7-16(15)12-18/h2-4,8-12,14,19H,5-7,13H2,1H3. The number of hydrogen-bond donors (Lipinski definition) is 1. The van der Waals surface area contributed by atoms with Crippen LogP contribution < -0.4 is 10.1 Å². The molecule has 1 aliphatic carbocycles. The molecule has 0 radical (unpaired) electrons. The number of anilines is 1. The predicted molar refractivity (Wildman–Crippen MR) is 83.5 cm³/mol. The number of para-hydroxylation sites is 1. The van der Waals surface area contributed by atoms with Gasteiger partial charge in [-0.2, -0.15) is 0 Å². The summed E-state index contributed by atoms with van der Waals surface area (Å²) in [5.74, 6) is 0.994. The fourth-order valence-corrected chi connectivity index (χ4v) is 2.71. The first-order chi connectivity index (χ1) is 9.81. The molecule has 0 spiro atoms. The second-order valence-corrected chi connectivity index (χ2v) is 5.46. The summed E-state index contributed by atoms with van der Waals surface area (Å²) < 4.78 is 6.00. The highest BCUT2D eigenvalue weighted by atomic mass is 16.5. The number of hydrogen-bond acceptors (Lipinski definition) is 2. The minimum Gasteiger partial charge on any atom is -0.489 e. The molecule has 0 saturated carbocycles. The number of rotatable bonds is 5. The quantitative estimate of drug-likeness (QED) is 0.882. The molecule has 0 saturated heterocycles. The van der Waals surface area contributed by atoms with Crippen LogP contribution in [0.2, 0.25) is 0 Å². The van der Waals surface area contributed by atoms with Gasteiger partial charge in [-0.3, -0.25) is 0 Å². The Balaban J connectivity index is 1.55. The van der Waals surface area contributed by atoms with E-state index in [2.05, 4.69) is 42.6 Å². The highest BCUT2D eigenvalue weighted by Crippen LogP contribution is 2.26. The summed E-state index contributed by atoms with van der Waals surface area (Å²) in [6, 6.07) is 16.8. The smallest absolute Gasteiger partial charge is 0.120 e. The molecular weight excluding hydrogens is 246 g/mol. The average molecular weight is 267 g/mol. The summed E-state index contributed by atoms with van der Waals surface area (Å²) in [4.78, 5) is 0. The van der Waals surface area contributed by atoms with E-state index in [1.165, 1.54) is 30.4 Å². The summed E-state index contributed by atoms with van der Waals surface area (Å²) >= 11 is 0. The molecule has 2 aromatic rings. The van der Waals surface area contributed by atoms with Crippen LogP contribution in [0.4, 0.5) is 5.69 Å². The summed E-state index contributed by atoms with van der Waals surface area (Å²) in [6.45, 7) is 2.91. The van der Waals surface area contributed by atoms with Crippen LogP contribution in [0.3, 0.4) is 0 Å². The molecule has 3 rings (SSSR count). The van der Waals surface area contributed by atoms with Crippen molar-refractivity contribution < 1.29 is 4.74 Å². The van der Waals surface area contributed by atoms with Crippen molar-refractivity contribution in [3.8, 4) is 5.75 Å². The molecule has 20 heavy (non-hydrogen) atoms. The van der Waals surface area contributed by atoms with Crippen LogP contribution in [0.1, 0.15) is 24.5 Å². The minimum atomic E-state index is 0.148. The highest BCUT2D eigenvalue weighted by Gasteiger charge is 2.12. The van der Waals surface area contributed by atoms with Gasteiger partial charge >= 0.3 is 0 Å². The first-order valence-electron chi connectivity index (χ1n) is 7.38. The van der Waals surface area contributed by atoms with Crippen LogP contribution in [0.25, 0.3) is 0 Å². The Labute approximate surface area is 120 Å². The molecule has 0 aromatic heterocycles.